The SMILES string of the molecule is Cc1ccc2c3c(ccc2c1)C1=C(CCC=C1)CC3.Cl.c1cc2ncncc2cn1. The molecule has 2 aliphatic carbocycles. The molecule has 0 unspecified atom stereocenters. The maximum Gasteiger partial charge on any atom is 0.116 e. The number of nitrogens with zero attached hydrogens (tertiary/aromatic N) is 3. The molecule has 2 aliphatic rings. The van der Waals surface area contributed by atoms with Gasteiger partial charge in [0.05, 0.1) is 5.52 Å². The highest BCUT2D eigenvalue weighted by atomic mass is 35.5. The predicted octanol–water partition coefficient (Wildman–Crippen LogP) is 6.64. The largest absolute Gasteiger partial charge is 0.264 e. The first-order chi connectivity index (χ1) is 14.3. The van der Waals surface area contributed by atoms with Crippen LogP contribution >= 0.6 is 12.4 Å². The number of fused-ring (bicyclic) bond motifs is 5. The summed E-state index contributed by atoms with van der Waals surface area (Å²) in [5, 5.41) is 3.82. The van der Waals surface area contributed by atoms with E-state index in [1.54, 1.807) is 29.7 Å². The van der Waals surface area contributed by atoms with Crippen molar-refractivity contribution in [3.63, 3.8) is 0 Å². The lowest BCUT2D eigenvalue weighted by atomic mass is 9.79. The molecule has 0 saturated carbocycles. The Morgan fingerprint density at radius 1 is 0.867 bits per heavy atom. The first-order valence-corrected chi connectivity index (χ1v) is 10.2. The Balaban J connectivity index is 0.000000168. The van der Waals surface area contributed by atoms with Gasteiger partial charge in [-0.1, -0.05) is 53.6 Å². The van der Waals surface area contributed by atoms with E-state index in [0.717, 1.165) is 10.9 Å². The number of allylic oxidation sites excluding steroid dienone is 4. The van der Waals surface area contributed by atoms with Gasteiger partial charge in [-0.05, 0) is 66.1 Å². The van der Waals surface area contributed by atoms with Crippen molar-refractivity contribution >= 4 is 39.7 Å². The van der Waals surface area contributed by atoms with Crippen LogP contribution in [0.2, 0.25) is 0 Å². The number of hydrogen-bond donors (Lipinski definition) is 0. The third kappa shape index (κ3) is 3.86. The Kier molecular flexibility index (Phi) is 5.91. The average Bonchev–Trinajstić information content (AvgIpc) is 2.79. The molecule has 2 heterocycles. The van der Waals surface area contributed by atoms with Gasteiger partial charge in [-0.25, -0.2) is 9.97 Å². The first kappa shape index (κ1) is 20.2. The Labute approximate surface area is 183 Å². The molecule has 0 fully saturated rings. The van der Waals surface area contributed by atoms with Crippen molar-refractivity contribution in [2.24, 2.45) is 0 Å². The van der Waals surface area contributed by atoms with Crippen LogP contribution in [0, 0.1) is 6.92 Å². The molecule has 0 saturated heterocycles. The van der Waals surface area contributed by atoms with Gasteiger partial charge in [0, 0.05) is 24.0 Å². The molecular formula is C26H24ClN3. The van der Waals surface area contributed by atoms with Crippen molar-refractivity contribution in [1.29, 1.82) is 0 Å². The highest BCUT2D eigenvalue weighted by Gasteiger charge is 2.20. The van der Waals surface area contributed by atoms with E-state index in [4.69, 9.17) is 0 Å². The summed E-state index contributed by atoms with van der Waals surface area (Å²) in [7, 11) is 0. The molecule has 0 amide bonds. The highest BCUT2D eigenvalue weighted by Crippen LogP contribution is 2.39. The third-order valence-electron chi connectivity index (χ3n) is 5.84. The van der Waals surface area contributed by atoms with E-state index < -0.39 is 0 Å². The van der Waals surface area contributed by atoms with E-state index in [2.05, 4.69) is 64.4 Å². The van der Waals surface area contributed by atoms with Crippen LogP contribution in [-0.2, 0) is 6.42 Å². The maximum atomic E-state index is 4.03. The number of hydrogen-bond acceptors (Lipinski definition) is 3. The summed E-state index contributed by atoms with van der Waals surface area (Å²) >= 11 is 0. The molecule has 6 rings (SSSR count). The fraction of sp³-hybridized carbons (Fsp3) is 0.192. The minimum atomic E-state index is 0. The second-order valence-electron chi connectivity index (χ2n) is 7.73. The number of aryl methyl sites for hydroxylation is 2. The molecule has 0 radical (unpaired) electrons. The number of benzene rings is 2. The van der Waals surface area contributed by atoms with E-state index in [1.807, 2.05) is 6.07 Å². The van der Waals surface area contributed by atoms with Crippen molar-refractivity contribution in [3.8, 4) is 0 Å². The Bertz CT molecular complexity index is 1210. The van der Waals surface area contributed by atoms with E-state index >= 15 is 0 Å². The maximum absolute atomic E-state index is 4.03. The minimum Gasteiger partial charge on any atom is -0.264 e. The zero-order chi connectivity index (χ0) is 19.6. The molecular weight excluding hydrogens is 390 g/mol. The summed E-state index contributed by atoms with van der Waals surface area (Å²) in [5.74, 6) is 0. The van der Waals surface area contributed by atoms with Gasteiger partial charge in [-0.3, -0.25) is 4.98 Å². The van der Waals surface area contributed by atoms with Crippen LogP contribution in [-0.4, -0.2) is 15.0 Å². The molecule has 2 aromatic carbocycles. The summed E-state index contributed by atoms with van der Waals surface area (Å²) in [6.45, 7) is 2.17. The Morgan fingerprint density at radius 2 is 1.77 bits per heavy atom. The molecule has 0 atom stereocenters. The van der Waals surface area contributed by atoms with E-state index in [0.29, 0.717) is 0 Å². The first-order valence-electron chi connectivity index (χ1n) is 10.2. The van der Waals surface area contributed by atoms with Gasteiger partial charge < -0.3 is 0 Å². The second kappa shape index (κ2) is 8.76. The van der Waals surface area contributed by atoms with Crippen molar-refractivity contribution in [1.82, 2.24) is 15.0 Å². The van der Waals surface area contributed by atoms with Gasteiger partial charge in [0.25, 0.3) is 0 Å². The molecule has 0 aliphatic heterocycles. The van der Waals surface area contributed by atoms with Crippen LogP contribution in [0.15, 0.2) is 79.0 Å². The molecule has 150 valence electrons. The van der Waals surface area contributed by atoms with E-state index in [1.165, 1.54) is 59.5 Å². The van der Waals surface area contributed by atoms with Crippen molar-refractivity contribution in [2.45, 2.75) is 32.6 Å². The molecule has 2 aromatic heterocycles. The summed E-state index contributed by atoms with van der Waals surface area (Å²) < 4.78 is 0. The molecule has 3 nitrogen and oxygen atoms in total. The normalized spacial score (nSPS) is 14.4. The Hall–Kier alpha value is -3.04. The van der Waals surface area contributed by atoms with Gasteiger partial charge >= 0.3 is 0 Å². The van der Waals surface area contributed by atoms with Crippen LogP contribution in [0.3, 0.4) is 0 Å². The lowest BCUT2D eigenvalue weighted by Gasteiger charge is -2.25. The predicted molar refractivity (Wildman–Crippen MR) is 127 cm³/mol. The lowest BCUT2D eigenvalue weighted by Crippen LogP contribution is -2.07. The van der Waals surface area contributed by atoms with Gasteiger partial charge in [0.1, 0.15) is 6.33 Å². The summed E-state index contributed by atoms with van der Waals surface area (Å²) in [5.41, 5.74) is 8.50. The molecule has 4 heteroatoms. The van der Waals surface area contributed by atoms with E-state index in [-0.39, 0.29) is 12.4 Å². The van der Waals surface area contributed by atoms with Crippen molar-refractivity contribution in [2.75, 3.05) is 0 Å². The highest BCUT2D eigenvalue weighted by molar-refractivity contribution is 5.94. The fourth-order valence-corrected chi connectivity index (χ4v) is 4.39. The zero-order valence-electron chi connectivity index (χ0n) is 17.0. The summed E-state index contributed by atoms with van der Waals surface area (Å²) in [4.78, 5) is 11.8. The molecule has 0 N–H and O–H groups in total. The molecule has 30 heavy (non-hydrogen) atoms. The molecule has 4 aromatic rings. The van der Waals surface area contributed by atoms with E-state index in [9.17, 15) is 0 Å². The Morgan fingerprint density at radius 3 is 2.67 bits per heavy atom. The van der Waals surface area contributed by atoms with Crippen LogP contribution in [0.25, 0.3) is 27.2 Å². The van der Waals surface area contributed by atoms with Crippen molar-refractivity contribution < 1.29 is 0 Å². The standard InChI is InChI=1S/C19H18.C7H5N3.ClH/c1-13-6-9-17-15(12-13)8-11-18-16-5-3-2-4-14(16)7-10-19(17)18;1-2-8-3-6-4-9-5-10-7(1)6;/h3,5-6,8-9,11-12H,2,4,7,10H2,1H3;1-5H;1H. The topological polar surface area (TPSA) is 38.7 Å². The van der Waals surface area contributed by atoms with Crippen LogP contribution in [0.5, 0.6) is 0 Å². The van der Waals surface area contributed by atoms with Gasteiger partial charge in [0.2, 0.25) is 0 Å². The minimum absolute atomic E-state index is 0. The van der Waals surface area contributed by atoms with Gasteiger partial charge in [-0.2, -0.15) is 0 Å². The number of pyridine rings is 1. The van der Waals surface area contributed by atoms with Crippen LogP contribution in [0.1, 0.15) is 36.0 Å². The summed E-state index contributed by atoms with van der Waals surface area (Å²) in [6, 6.07) is 13.3. The number of aromatic nitrogens is 3. The smallest absolute Gasteiger partial charge is 0.116 e. The molecule has 0 spiro atoms. The second-order valence-corrected chi connectivity index (χ2v) is 7.73. The van der Waals surface area contributed by atoms with Crippen LogP contribution < -0.4 is 0 Å². The van der Waals surface area contributed by atoms with Gasteiger partial charge in [0.15, 0.2) is 0 Å². The number of halogens is 1. The third-order valence-corrected chi connectivity index (χ3v) is 5.84. The monoisotopic (exact) mass is 413 g/mol. The van der Waals surface area contributed by atoms with Crippen molar-refractivity contribution in [3.05, 3.63) is 95.7 Å². The molecule has 0 bridgehead atoms. The lowest BCUT2D eigenvalue weighted by molar-refractivity contribution is 0.831. The quantitative estimate of drug-likeness (QED) is 0.324. The van der Waals surface area contributed by atoms with Crippen LogP contribution in [0.4, 0.5) is 0 Å². The zero-order valence-corrected chi connectivity index (χ0v) is 17.8. The summed E-state index contributed by atoms with van der Waals surface area (Å²) in [6.07, 6.45) is 16.4. The average molecular weight is 414 g/mol. The number of rotatable bonds is 0. The fourth-order valence-electron chi connectivity index (χ4n) is 4.39. The van der Waals surface area contributed by atoms with Gasteiger partial charge in [-0.15, -0.1) is 12.4 Å².